The van der Waals surface area contributed by atoms with Crippen molar-refractivity contribution in [3.8, 4) is 0 Å². The number of rotatable bonds is 7. The Kier molecular flexibility index (Phi) is 5.82. The highest BCUT2D eigenvalue weighted by molar-refractivity contribution is 7.91. The molecule has 1 aromatic rings. The van der Waals surface area contributed by atoms with Crippen LogP contribution < -0.4 is 5.32 Å². The smallest absolute Gasteiger partial charge is 0.152 e. The summed E-state index contributed by atoms with van der Waals surface area (Å²) in [5, 5.41) is 2.85. The summed E-state index contributed by atoms with van der Waals surface area (Å²) in [6.45, 7) is 4.29. The Hall–Kier alpha value is -0.870. The van der Waals surface area contributed by atoms with Crippen molar-refractivity contribution in [2.45, 2.75) is 31.4 Å². The molecule has 0 saturated heterocycles. The molecule has 1 atom stereocenters. The third-order valence-electron chi connectivity index (χ3n) is 3.19. The lowest BCUT2D eigenvalue weighted by molar-refractivity contribution is 0.567. The summed E-state index contributed by atoms with van der Waals surface area (Å²) in [6.07, 6.45) is 0.672. The van der Waals surface area contributed by atoms with Crippen molar-refractivity contribution in [3.05, 3.63) is 35.9 Å². The molecule has 1 aromatic carbocycles. The zero-order valence-corrected chi connectivity index (χ0v) is 12.2. The highest BCUT2D eigenvalue weighted by atomic mass is 32.2. The van der Waals surface area contributed by atoms with E-state index in [-0.39, 0.29) is 16.9 Å². The topological polar surface area (TPSA) is 46.2 Å². The summed E-state index contributed by atoms with van der Waals surface area (Å²) in [6, 6.07) is 10.1. The van der Waals surface area contributed by atoms with E-state index in [0.717, 1.165) is 6.54 Å². The Morgan fingerprint density at radius 3 is 2.28 bits per heavy atom. The first kappa shape index (κ1) is 15.2. The van der Waals surface area contributed by atoms with Crippen LogP contribution in [0.2, 0.25) is 0 Å². The van der Waals surface area contributed by atoms with Crippen LogP contribution in [0.4, 0.5) is 0 Å². The minimum atomic E-state index is -2.95. The van der Waals surface area contributed by atoms with Crippen molar-refractivity contribution in [3.63, 3.8) is 0 Å². The average Bonchev–Trinajstić information content (AvgIpc) is 2.35. The molecule has 0 aliphatic carbocycles. The summed E-state index contributed by atoms with van der Waals surface area (Å²) >= 11 is 0. The highest BCUT2D eigenvalue weighted by Crippen LogP contribution is 2.20. The van der Waals surface area contributed by atoms with Crippen molar-refractivity contribution in [1.29, 1.82) is 0 Å². The third-order valence-corrected chi connectivity index (χ3v) is 5.43. The number of benzene rings is 1. The predicted octanol–water partition coefficient (Wildman–Crippen LogP) is 2.20. The van der Waals surface area contributed by atoms with Gasteiger partial charge in [0.25, 0.3) is 0 Å². The summed E-state index contributed by atoms with van der Waals surface area (Å²) < 4.78 is 23.7. The van der Waals surface area contributed by atoms with Crippen LogP contribution in [-0.4, -0.2) is 33.0 Å². The Bertz CT molecular complexity index is 440. The lowest BCUT2D eigenvalue weighted by atomic mass is 9.96. The number of hydrogen-bond donors (Lipinski definition) is 1. The fourth-order valence-electron chi connectivity index (χ4n) is 1.90. The van der Waals surface area contributed by atoms with Crippen LogP contribution in [0.1, 0.15) is 31.7 Å². The molecule has 3 nitrogen and oxygen atoms in total. The van der Waals surface area contributed by atoms with Crippen molar-refractivity contribution >= 4 is 9.84 Å². The van der Waals surface area contributed by atoms with Crippen molar-refractivity contribution < 1.29 is 8.42 Å². The van der Waals surface area contributed by atoms with Crippen LogP contribution in [0.15, 0.2) is 30.3 Å². The number of likely N-dealkylation sites (N-methyl/N-ethyl adjacent to an activating group) is 1. The second kappa shape index (κ2) is 6.90. The molecule has 0 aliphatic rings. The van der Waals surface area contributed by atoms with Gasteiger partial charge in [0.1, 0.15) is 0 Å². The van der Waals surface area contributed by atoms with Gasteiger partial charge in [0.05, 0.1) is 11.0 Å². The molecule has 0 aromatic heterocycles. The zero-order valence-electron chi connectivity index (χ0n) is 11.4. The molecule has 18 heavy (non-hydrogen) atoms. The predicted molar refractivity (Wildman–Crippen MR) is 76.6 cm³/mol. The molecule has 1 N–H and O–H groups in total. The summed E-state index contributed by atoms with van der Waals surface area (Å²) in [5.41, 5.74) is 1.20. The van der Waals surface area contributed by atoms with Crippen LogP contribution in [0.25, 0.3) is 0 Å². The van der Waals surface area contributed by atoms with Crippen LogP contribution >= 0.6 is 0 Å². The van der Waals surface area contributed by atoms with E-state index >= 15 is 0 Å². The molecule has 102 valence electrons. The fraction of sp³-hybridized carbons (Fsp3) is 0.571. The van der Waals surface area contributed by atoms with Crippen molar-refractivity contribution in [2.24, 2.45) is 0 Å². The maximum absolute atomic E-state index is 11.8. The molecule has 4 heteroatoms. The first-order valence-corrected chi connectivity index (χ1v) is 8.10. The normalized spacial score (nSPS) is 13.8. The molecule has 0 bridgehead atoms. The van der Waals surface area contributed by atoms with Gasteiger partial charge in [-0.3, -0.25) is 0 Å². The van der Waals surface area contributed by atoms with E-state index in [4.69, 9.17) is 0 Å². The number of nitrogens with one attached hydrogen (secondary N) is 1. The summed E-state index contributed by atoms with van der Waals surface area (Å²) in [4.78, 5) is 0. The molecule has 0 heterocycles. The summed E-state index contributed by atoms with van der Waals surface area (Å²) in [7, 11) is -1.05. The van der Waals surface area contributed by atoms with E-state index in [1.54, 1.807) is 13.8 Å². The second-order valence-corrected chi connectivity index (χ2v) is 7.55. The van der Waals surface area contributed by atoms with E-state index in [2.05, 4.69) is 17.4 Å². The Morgan fingerprint density at radius 1 is 1.17 bits per heavy atom. The first-order chi connectivity index (χ1) is 8.47. The lowest BCUT2D eigenvalue weighted by Crippen LogP contribution is -2.23. The molecule has 0 amide bonds. The van der Waals surface area contributed by atoms with Gasteiger partial charge in [-0.25, -0.2) is 8.42 Å². The van der Waals surface area contributed by atoms with Gasteiger partial charge in [-0.15, -0.1) is 0 Å². The van der Waals surface area contributed by atoms with Gasteiger partial charge in [-0.2, -0.15) is 0 Å². The van der Waals surface area contributed by atoms with Crippen LogP contribution in [0, 0.1) is 0 Å². The molecular formula is C14H23NO2S. The molecule has 0 spiro atoms. The standard InChI is InChI=1S/C14H23NO2S/c1-12(2)18(16,17)10-9-14(11-15-3)13-7-5-4-6-8-13/h4-8,12,14-15H,9-11H2,1-3H3. The van der Waals surface area contributed by atoms with Crippen molar-refractivity contribution in [1.82, 2.24) is 5.32 Å². The number of sulfone groups is 1. The molecule has 0 aliphatic heterocycles. The molecule has 0 saturated carbocycles. The average molecular weight is 269 g/mol. The molecule has 0 radical (unpaired) electrons. The maximum Gasteiger partial charge on any atom is 0.152 e. The Balaban J connectivity index is 2.71. The van der Waals surface area contributed by atoms with Crippen LogP contribution in [-0.2, 0) is 9.84 Å². The minimum Gasteiger partial charge on any atom is -0.319 e. The van der Waals surface area contributed by atoms with E-state index < -0.39 is 9.84 Å². The third kappa shape index (κ3) is 4.42. The summed E-state index contributed by atoms with van der Waals surface area (Å²) in [5.74, 6) is 0.510. The monoisotopic (exact) mass is 269 g/mol. The van der Waals surface area contributed by atoms with E-state index in [9.17, 15) is 8.42 Å². The Labute approximate surface area is 111 Å². The lowest BCUT2D eigenvalue weighted by Gasteiger charge is -2.17. The van der Waals surface area contributed by atoms with E-state index in [1.165, 1.54) is 5.56 Å². The van der Waals surface area contributed by atoms with Gasteiger partial charge < -0.3 is 5.32 Å². The maximum atomic E-state index is 11.8. The highest BCUT2D eigenvalue weighted by Gasteiger charge is 2.19. The van der Waals surface area contributed by atoms with Crippen LogP contribution in [0.5, 0.6) is 0 Å². The zero-order chi connectivity index (χ0) is 13.6. The molecular weight excluding hydrogens is 246 g/mol. The largest absolute Gasteiger partial charge is 0.319 e. The van der Waals surface area contributed by atoms with Gasteiger partial charge in [0, 0.05) is 6.54 Å². The fourth-order valence-corrected chi connectivity index (χ4v) is 2.98. The van der Waals surface area contributed by atoms with Gasteiger partial charge in [-0.1, -0.05) is 30.3 Å². The molecule has 0 fully saturated rings. The van der Waals surface area contributed by atoms with E-state index in [1.807, 2.05) is 25.2 Å². The molecule has 1 unspecified atom stereocenters. The van der Waals surface area contributed by atoms with E-state index in [0.29, 0.717) is 6.42 Å². The quantitative estimate of drug-likeness (QED) is 0.825. The van der Waals surface area contributed by atoms with Gasteiger partial charge in [0.2, 0.25) is 0 Å². The molecule has 1 rings (SSSR count). The minimum absolute atomic E-state index is 0.254. The van der Waals surface area contributed by atoms with Crippen molar-refractivity contribution in [2.75, 3.05) is 19.3 Å². The number of hydrogen-bond acceptors (Lipinski definition) is 3. The van der Waals surface area contributed by atoms with Gasteiger partial charge >= 0.3 is 0 Å². The van der Waals surface area contributed by atoms with Gasteiger partial charge in [0.15, 0.2) is 9.84 Å². The van der Waals surface area contributed by atoms with Gasteiger partial charge in [-0.05, 0) is 38.8 Å². The second-order valence-electron chi connectivity index (χ2n) is 4.87. The Morgan fingerprint density at radius 2 is 1.78 bits per heavy atom. The SMILES string of the molecule is CNCC(CCS(=O)(=O)C(C)C)c1ccccc1. The van der Waals surface area contributed by atoms with Crippen LogP contribution in [0.3, 0.4) is 0 Å². The first-order valence-electron chi connectivity index (χ1n) is 6.38.